The first-order valence-corrected chi connectivity index (χ1v) is 5.19. The molecule has 0 amide bonds. The Morgan fingerprint density at radius 2 is 2.23 bits per heavy atom. The Morgan fingerprint density at radius 1 is 1.54 bits per heavy atom. The topological polar surface area (TPSA) is 38.3 Å². The van der Waals surface area contributed by atoms with Crippen LogP contribution in [0.3, 0.4) is 0 Å². The Labute approximate surface area is 79.8 Å². The SMILES string of the molecule is CCNC(C(=O)OCC)C1CCC1. The van der Waals surface area contributed by atoms with Gasteiger partial charge in [0.15, 0.2) is 0 Å². The molecule has 1 aliphatic carbocycles. The normalized spacial score (nSPS) is 19.2. The van der Waals surface area contributed by atoms with Gasteiger partial charge in [0.2, 0.25) is 0 Å². The van der Waals surface area contributed by atoms with Gasteiger partial charge < -0.3 is 10.1 Å². The Morgan fingerprint density at radius 3 is 2.62 bits per heavy atom. The number of hydrogen-bond donors (Lipinski definition) is 1. The number of nitrogens with one attached hydrogen (secondary N) is 1. The quantitative estimate of drug-likeness (QED) is 0.657. The van der Waals surface area contributed by atoms with Gasteiger partial charge in [-0.1, -0.05) is 13.3 Å². The molecule has 0 bridgehead atoms. The fraction of sp³-hybridized carbons (Fsp3) is 0.900. The van der Waals surface area contributed by atoms with E-state index in [0.29, 0.717) is 12.5 Å². The largest absolute Gasteiger partial charge is 0.465 e. The van der Waals surface area contributed by atoms with Gasteiger partial charge in [0.05, 0.1) is 6.61 Å². The van der Waals surface area contributed by atoms with Crippen LogP contribution in [0.4, 0.5) is 0 Å². The average molecular weight is 185 g/mol. The lowest BCUT2D eigenvalue weighted by atomic mass is 9.79. The Balaban J connectivity index is 2.40. The molecule has 0 radical (unpaired) electrons. The summed E-state index contributed by atoms with van der Waals surface area (Å²) in [6, 6.07) is -0.0568. The lowest BCUT2D eigenvalue weighted by Gasteiger charge is -2.32. The van der Waals surface area contributed by atoms with E-state index < -0.39 is 0 Å². The van der Waals surface area contributed by atoms with Gasteiger partial charge in [0, 0.05) is 0 Å². The summed E-state index contributed by atoms with van der Waals surface area (Å²) in [7, 11) is 0. The van der Waals surface area contributed by atoms with Gasteiger partial charge >= 0.3 is 5.97 Å². The minimum atomic E-state index is -0.0750. The van der Waals surface area contributed by atoms with Gasteiger partial charge in [-0.2, -0.15) is 0 Å². The zero-order valence-corrected chi connectivity index (χ0v) is 8.51. The molecule has 0 saturated heterocycles. The average Bonchev–Trinajstić information content (AvgIpc) is 2.01. The molecule has 0 aromatic heterocycles. The summed E-state index contributed by atoms with van der Waals surface area (Å²) >= 11 is 0. The van der Waals surface area contributed by atoms with Crippen LogP contribution in [0.5, 0.6) is 0 Å². The molecule has 1 fully saturated rings. The van der Waals surface area contributed by atoms with Crippen LogP contribution in [0.2, 0.25) is 0 Å². The standard InChI is InChI=1S/C10H19NO2/c1-3-11-9(8-6-5-7-8)10(12)13-4-2/h8-9,11H,3-7H2,1-2H3. The lowest BCUT2D eigenvalue weighted by Crippen LogP contribution is -2.46. The Hall–Kier alpha value is -0.570. The Bertz CT molecular complexity index is 166. The molecular weight excluding hydrogens is 166 g/mol. The second kappa shape index (κ2) is 5.22. The predicted octanol–water partition coefficient (Wildman–Crippen LogP) is 1.33. The zero-order valence-electron chi connectivity index (χ0n) is 8.51. The summed E-state index contributed by atoms with van der Waals surface area (Å²) in [6.45, 7) is 5.18. The first kappa shape index (κ1) is 10.5. The molecule has 1 saturated carbocycles. The summed E-state index contributed by atoms with van der Waals surface area (Å²) < 4.78 is 5.01. The van der Waals surface area contributed by atoms with Crippen molar-refractivity contribution in [3.63, 3.8) is 0 Å². The van der Waals surface area contributed by atoms with E-state index in [1.165, 1.54) is 6.42 Å². The van der Waals surface area contributed by atoms with Crippen LogP contribution in [0.25, 0.3) is 0 Å². The molecule has 3 heteroatoms. The van der Waals surface area contributed by atoms with E-state index in [1.807, 2.05) is 13.8 Å². The van der Waals surface area contributed by atoms with Gasteiger partial charge in [-0.3, -0.25) is 4.79 Å². The maximum absolute atomic E-state index is 11.5. The first-order chi connectivity index (χ1) is 6.29. The summed E-state index contributed by atoms with van der Waals surface area (Å²) in [5, 5.41) is 3.19. The van der Waals surface area contributed by atoms with Crippen molar-refractivity contribution in [3.8, 4) is 0 Å². The second-order valence-electron chi connectivity index (χ2n) is 3.48. The van der Waals surface area contributed by atoms with E-state index in [2.05, 4.69) is 5.32 Å². The van der Waals surface area contributed by atoms with E-state index in [0.717, 1.165) is 19.4 Å². The minimum absolute atomic E-state index is 0.0568. The maximum Gasteiger partial charge on any atom is 0.323 e. The van der Waals surface area contributed by atoms with Crippen molar-refractivity contribution in [2.24, 2.45) is 5.92 Å². The summed E-state index contributed by atoms with van der Waals surface area (Å²) in [6.07, 6.45) is 3.58. The van der Waals surface area contributed by atoms with Crippen LogP contribution in [0.15, 0.2) is 0 Å². The molecule has 0 spiro atoms. The molecule has 0 aromatic rings. The number of likely N-dealkylation sites (N-methyl/N-ethyl adjacent to an activating group) is 1. The van der Waals surface area contributed by atoms with Gasteiger partial charge in [0.1, 0.15) is 6.04 Å². The number of carbonyl (C=O) groups excluding carboxylic acids is 1. The molecule has 3 nitrogen and oxygen atoms in total. The predicted molar refractivity (Wildman–Crippen MR) is 51.4 cm³/mol. The molecule has 0 heterocycles. The molecule has 76 valence electrons. The lowest BCUT2D eigenvalue weighted by molar-refractivity contribution is -0.148. The number of esters is 1. The fourth-order valence-corrected chi connectivity index (χ4v) is 1.67. The third-order valence-corrected chi connectivity index (χ3v) is 2.59. The Kier molecular flexibility index (Phi) is 4.22. The number of carbonyl (C=O) groups is 1. The van der Waals surface area contributed by atoms with Crippen molar-refractivity contribution in [2.45, 2.75) is 39.2 Å². The highest BCUT2D eigenvalue weighted by Crippen LogP contribution is 2.30. The molecule has 0 aliphatic heterocycles. The van der Waals surface area contributed by atoms with Crippen molar-refractivity contribution in [1.29, 1.82) is 0 Å². The minimum Gasteiger partial charge on any atom is -0.465 e. The maximum atomic E-state index is 11.5. The van der Waals surface area contributed by atoms with Crippen LogP contribution < -0.4 is 5.32 Å². The van der Waals surface area contributed by atoms with Crippen LogP contribution in [0.1, 0.15) is 33.1 Å². The van der Waals surface area contributed by atoms with Crippen LogP contribution in [0, 0.1) is 5.92 Å². The van der Waals surface area contributed by atoms with E-state index in [-0.39, 0.29) is 12.0 Å². The van der Waals surface area contributed by atoms with E-state index in [9.17, 15) is 4.79 Å². The van der Waals surface area contributed by atoms with Crippen LogP contribution >= 0.6 is 0 Å². The highest BCUT2D eigenvalue weighted by atomic mass is 16.5. The first-order valence-electron chi connectivity index (χ1n) is 5.19. The summed E-state index contributed by atoms with van der Waals surface area (Å²) in [5.41, 5.74) is 0. The molecule has 1 rings (SSSR count). The molecule has 1 unspecified atom stereocenters. The summed E-state index contributed by atoms with van der Waals surface area (Å²) in [4.78, 5) is 11.5. The van der Waals surface area contributed by atoms with Crippen molar-refractivity contribution >= 4 is 5.97 Å². The van der Waals surface area contributed by atoms with Crippen LogP contribution in [-0.2, 0) is 9.53 Å². The molecular formula is C10H19NO2. The molecule has 1 atom stereocenters. The van der Waals surface area contributed by atoms with Crippen LogP contribution in [-0.4, -0.2) is 25.2 Å². The van der Waals surface area contributed by atoms with E-state index >= 15 is 0 Å². The third kappa shape index (κ3) is 2.69. The van der Waals surface area contributed by atoms with Gasteiger partial charge in [-0.15, -0.1) is 0 Å². The molecule has 1 N–H and O–H groups in total. The third-order valence-electron chi connectivity index (χ3n) is 2.59. The highest BCUT2D eigenvalue weighted by molar-refractivity contribution is 5.76. The van der Waals surface area contributed by atoms with Crippen molar-refractivity contribution in [1.82, 2.24) is 5.32 Å². The summed E-state index contributed by atoms with van der Waals surface area (Å²) in [5.74, 6) is 0.438. The molecule has 1 aliphatic rings. The van der Waals surface area contributed by atoms with E-state index in [4.69, 9.17) is 4.74 Å². The fourth-order valence-electron chi connectivity index (χ4n) is 1.67. The number of ether oxygens (including phenoxy) is 1. The molecule has 0 aromatic carbocycles. The number of hydrogen-bond acceptors (Lipinski definition) is 3. The molecule has 13 heavy (non-hydrogen) atoms. The second-order valence-corrected chi connectivity index (χ2v) is 3.48. The smallest absolute Gasteiger partial charge is 0.323 e. The number of rotatable bonds is 5. The van der Waals surface area contributed by atoms with Gasteiger partial charge in [-0.25, -0.2) is 0 Å². The van der Waals surface area contributed by atoms with E-state index in [1.54, 1.807) is 0 Å². The van der Waals surface area contributed by atoms with Gasteiger partial charge in [0.25, 0.3) is 0 Å². The monoisotopic (exact) mass is 185 g/mol. The highest BCUT2D eigenvalue weighted by Gasteiger charge is 2.32. The van der Waals surface area contributed by atoms with Crippen molar-refractivity contribution in [2.75, 3.05) is 13.2 Å². The van der Waals surface area contributed by atoms with Crippen molar-refractivity contribution < 1.29 is 9.53 Å². The van der Waals surface area contributed by atoms with Crippen molar-refractivity contribution in [3.05, 3.63) is 0 Å². The van der Waals surface area contributed by atoms with Gasteiger partial charge in [-0.05, 0) is 32.2 Å². The zero-order chi connectivity index (χ0) is 9.68.